The maximum Gasteiger partial charge on any atom is 0.101 e. The van der Waals surface area contributed by atoms with Gasteiger partial charge in [-0.15, -0.1) is 0 Å². The average Bonchev–Trinajstić information content (AvgIpc) is 2.47. The Kier molecular flexibility index (Phi) is 5.75. The van der Waals surface area contributed by atoms with Crippen molar-refractivity contribution in [1.29, 1.82) is 5.26 Å². The van der Waals surface area contributed by atoms with Crippen LogP contribution in [0.15, 0.2) is 18.2 Å². The van der Waals surface area contributed by atoms with Gasteiger partial charge in [-0.1, -0.05) is 19.9 Å². The molecule has 1 aromatic rings. The van der Waals surface area contributed by atoms with E-state index in [9.17, 15) is 5.26 Å². The largest absolute Gasteiger partial charge is 0.369 e. The van der Waals surface area contributed by atoms with Crippen molar-refractivity contribution in [3.8, 4) is 6.07 Å². The second kappa shape index (κ2) is 7.56. The summed E-state index contributed by atoms with van der Waals surface area (Å²) in [5, 5.41) is 13.4. The van der Waals surface area contributed by atoms with Crippen molar-refractivity contribution in [3.63, 3.8) is 0 Å². The summed E-state index contributed by atoms with van der Waals surface area (Å²) in [5.41, 5.74) is 3.09. The van der Waals surface area contributed by atoms with Crippen LogP contribution in [0.25, 0.3) is 0 Å². The Morgan fingerprint density at radius 3 is 3.05 bits per heavy atom. The normalized spacial score (nSPS) is 18.9. The molecule has 1 unspecified atom stereocenters. The smallest absolute Gasteiger partial charge is 0.101 e. The highest BCUT2D eigenvalue weighted by atomic mass is 32.2. The zero-order valence-corrected chi connectivity index (χ0v) is 13.2. The second-order valence-electron chi connectivity index (χ2n) is 5.27. The van der Waals surface area contributed by atoms with Crippen LogP contribution >= 0.6 is 11.8 Å². The first kappa shape index (κ1) is 15.2. The molecule has 3 nitrogen and oxygen atoms in total. The van der Waals surface area contributed by atoms with Gasteiger partial charge in [0.15, 0.2) is 0 Å². The first-order chi connectivity index (χ1) is 9.74. The van der Waals surface area contributed by atoms with E-state index in [0.717, 1.165) is 49.6 Å². The third-order valence-electron chi connectivity index (χ3n) is 3.52. The van der Waals surface area contributed by atoms with E-state index in [1.54, 1.807) is 0 Å². The van der Waals surface area contributed by atoms with Gasteiger partial charge in [-0.2, -0.15) is 17.0 Å². The van der Waals surface area contributed by atoms with Crippen molar-refractivity contribution >= 4 is 17.4 Å². The maximum atomic E-state index is 9.41. The van der Waals surface area contributed by atoms with Crippen molar-refractivity contribution in [2.45, 2.75) is 32.1 Å². The number of anilines is 1. The zero-order valence-electron chi connectivity index (χ0n) is 12.4. The molecule has 0 radical (unpaired) electrons. The number of hydrogen-bond acceptors (Lipinski definition) is 4. The Hall–Kier alpha value is -1.18. The molecular formula is C16H23N3S. The lowest BCUT2D eigenvalue weighted by Crippen LogP contribution is -2.37. The predicted molar refractivity (Wildman–Crippen MR) is 87.3 cm³/mol. The molecule has 1 heterocycles. The first-order valence-corrected chi connectivity index (χ1v) is 8.39. The lowest BCUT2D eigenvalue weighted by atomic mass is 10.1. The van der Waals surface area contributed by atoms with Crippen LogP contribution in [0, 0.1) is 11.3 Å². The average molecular weight is 289 g/mol. The van der Waals surface area contributed by atoms with E-state index in [2.05, 4.69) is 42.3 Å². The number of benzene rings is 1. The molecule has 1 atom stereocenters. The maximum absolute atomic E-state index is 9.41. The molecule has 1 aliphatic rings. The molecule has 0 saturated carbocycles. The van der Waals surface area contributed by atoms with E-state index in [4.69, 9.17) is 0 Å². The fourth-order valence-corrected chi connectivity index (χ4v) is 3.52. The van der Waals surface area contributed by atoms with Gasteiger partial charge in [0.05, 0.1) is 11.3 Å². The molecule has 108 valence electrons. The molecule has 1 fully saturated rings. The first-order valence-electron chi connectivity index (χ1n) is 7.35. The fourth-order valence-electron chi connectivity index (χ4n) is 2.51. The minimum atomic E-state index is 0.640. The van der Waals surface area contributed by atoms with Crippen LogP contribution in [0.5, 0.6) is 0 Å². The summed E-state index contributed by atoms with van der Waals surface area (Å²) in [6.45, 7) is 8.35. The molecule has 0 bridgehead atoms. The molecule has 0 amide bonds. The molecule has 1 N–H and O–H groups in total. The van der Waals surface area contributed by atoms with E-state index in [0.29, 0.717) is 5.25 Å². The van der Waals surface area contributed by atoms with Crippen LogP contribution in [-0.2, 0) is 6.54 Å². The molecule has 1 saturated heterocycles. The van der Waals surface area contributed by atoms with Crippen LogP contribution in [-0.4, -0.2) is 30.6 Å². The van der Waals surface area contributed by atoms with Gasteiger partial charge in [-0.05, 0) is 30.7 Å². The SMILES string of the molecule is CCCNCc1ccc(N2CCSC(C)C2)c(C#N)c1. The van der Waals surface area contributed by atoms with Gasteiger partial charge in [-0.25, -0.2) is 0 Å². The van der Waals surface area contributed by atoms with Crippen LogP contribution in [0.2, 0.25) is 0 Å². The summed E-state index contributed by atoms with van der Waals surface area (Å²) in [5.74, 6) is 1.14. The molecule has 1 aromatic carbocycles. The number of nitrogens with zero attached hydrogens (tertiary/aromatic N) is 2. The highest BCUT2D eigenvalue weighted by molar-refractivity contribution is 8.00. The van der Waals surface area contributed by atoms with Crippen molar-refractivity contribution < 1.29 is 0 Å². The molecule has 1 aliphatic heterocycles. The summed E-state index contributed by atoms with van der Waals surface area (Å²) in [7, 11) is 0. The predicted octanol–water partition coefficient (Wildman–Crippen LogP) is 3.00. The number of nitrogens with one attached hydrogen (secondary N) is 1. The standard InChI is InChI=1S/C16H23N3S/c1-3-6-18-11-14-4-5-16(15(9-14)10-17)19-7-8-20-13(2)12-19/h4-5,9,13,18H,3,6-8,11-12H2,1-2H3. The molecule has 0 aromatic heterocycles. The summed E-state index contributed by atoms with van der Waals surface area (Å²) < 4.78 is 0. The quantitative estimate of drug-likeness (QED) is 0.846. The summed E-state index contributed by atoms with van der Waals surface area (Å²) >= 11 is 2.01. The summed E-state index contributed by atoms with van der Waals surface area (Å²) in [6, 6.07) is 8.65. The fraction of sp³-hybridized carbons (Fsp3) is 0.562. The monoisotopic (exact) mass is 289 g/mol. The molecule has 0 aliphatic carbocycles. The lowest BCUT2D eigenvalue weighted by Gasteiger charge is -2.33. The van der Waals surface area contributed by atoms with Crippen molar-refractivity contribution in [1.82, 2.24) is 5.32 Å². The Balaban J connectivity index is 2.11. The third kappa shape index (κ3) is 3.91. The van der Waals surface area contributed by atoms with E-state index < -0.39 is 0 Å². The molecular weight excluding hydrogens is 266 g/mol. The van der Waals surface area contributed by atoms with Crippen LogP contribution < -0.4 is 10.2 Å². The van der Waals surface area contributed by atoms with Crippen molar-refractivity contribution in [2.24, 2.45) is 0 Å². The number of nitriles is 1. The molecule has 0 spiro atoms. The van der Waals surface area contributed by atoms with Gasteiger partial charge < -0.3 is 10.2 Å². The second-order valence-corrected chi connectivity index (χ2v) is 6.81. The third-order valence-corrected chi connectivity index (χ3v) is 4.66. The number of thioether (sulfide) groups is 1. The van der Waals surface area contributed by atoms with E-state index in [-0.39, 0.29) is 0 Å². The highest BCUT2D eigenvalue weighted by Crippen LogP contribution is 2.27. The zero-order chi connectivity index (χ0) is 14.4. The summed E-state index contributed by atoms with van der Waals surface area (Å²) in [4.78, 5) is 2.35. The Morgan fingerprint density at radius 2 is 2.35 bits per heavy atom. The van der Waals surface area contributed by atoms with Crippen LogP contribution in [0.4, 0.5) is 5.69 Å². The van der Waals surface area contributed by atoms with Crippen LogP contribution in [0.1, 0.15) is 31.4 Å². The van der Waals surface area contributed by atoms with E-state index in [1.165, 1.54) is 5.56 Å². The number of rotatable bonds is 5. The lowest BCUT2D eigenvalue weighted by molar-refractivity contribution is 0.675. The Labute approximate surface area is 126 Å². The van der Waals surface area contributed by atoms with Gasteiger partial charge in [0.2, 0.25) is 0 Å². The van der Waals surface area contributed by atoms with Gasteiger partial charge in [0.1, 0.15) is 6.07 Å². The van der Waals surface area contributed by atoms with Gasteiger partial charge in [0.25, 0.3) is 0 Å². The molecule has 20 heavy (non-hydrogen) atoms. The minimum Gasteiger partial charge on any atom is -0.369 e. The number of hydrogen-bond donors (Lipinski definition) is 1. The van der Waals surface area contributed by atoms with Gasteiger partial charge >= 0.3 is 0 Å². The van der Waals surface area contributed by atoms with E-state index in [1.807, 2.05) is 17.8 Å². The van der Waals surface area contributed by atoms with Gasteiger partial charge in [0, 0.05) is 30.6 Å². The van der Waals surface area contributed by atoms with Gasteiger partial charge in [-0.3, -0.25) is 0 Å². The highest BCUT2D eigenvalue weighted by Gasteiger charge is 2.19. The Bertz CT molecular complexity index is 481. The molecule has 4 heteroatoms. The minimum absolute atomic E-state index is 0.640. The van der Waals surface area contributed by atoms with Crippen molar-refractivity contribution in [2.75, 3.05) is 30.3 Å². The van der Waals surface area contributed by atoms with Crippen molar-refractivity contribution in [3.05, 3.63) is 29.3 Å². The summed E-state index contributed by atoms with van der Waals surface area (Å²) in [6.07, 6.45) is 1.13. The molecule has 2 rings (SSSR count). The van der Waals surface area contributed by atoms with Crippen LogP contribution in [0.3, 0.4) is 0 Å². The Morgan fingerprint density at radius 1 is 1.50 bits per heavy atom. The topological polar surface area (TPSA) is 39.1 Å². The van der Waals surface area contributed by atoms with E-state index >= 15 is 0 Å².